The number of anilines is 3. The number of thiol groups is 1. The summed E-state index contributed by atoms with van der Waals surface area (Å²) in [6.45, 7) is 0. The average molecular weight is 352 g/mol. The Bertz CT molecular complexity index is 793. The zero-order valence-electron chi connectivity index (χ0n) is 11.1. The lowest BCUT2D eigenvalue weighted by molar-refractivity contribution is 1.10. The summed E-state index contributed by atoms with van der Waals surface area (Å²) in [6, 6.07) is 11.1. The van der Waals surface area contributed by atoms with E-state index in [-0.39, 0.29) is 5.95 Å². The molecule has 1 aromatic heterocycles. The van der Waals surface area contributed by atoms with E-state index in [1.165, 1.54) is 0 Å². The van der Waals surface area contributed by atoms with E-state index in [4.69, 9.17) is 28.9 Å². The molecule has 0 unspecified atom stereocenters. The molecule has 0 saturated carbocycles. The molecule has 0 fully saturated rings. The number of aromatic amines is 1. The van der Waals surface area contributed by atoms with Crippen LogP contribution in [0.2, 0.25) is 10.0 Å². The van der Waals surface area contributed by atoms with E-state index in [2.05, 4.69) is 33.1 Å². The van der Waals surface area contributed by atoms with Gasteiger partial charge in [0.15, 0.2) is 0 Å². The Morgan fingerprint density at radius 1 is 1.09 bits per heavy atom. The van der Waals surface area contributed by atoms with Gasteiger partial charge < -0.3 is 11.1 Å². The Balaban J connectivity index is 1.95. The van der Waals surface area contributed by atoms with Crippen LogP contribution >= 0.6 is 35.8 Å². The lowest BCUT2D eigenvalue weighted by Crippen LogP contribution is -1.94. The van der Waals surface area contributed by atoms with Crippen molar-refractivity contribution in [2.45, 2.75) is 4.90 Å². The molecular formula is C14H11Cl2N5S. The van der Waals surface area contributed by atoms with Gasteiger partial charge in [-0.1, -0.05) is 35.3 Å². The van der Waals surface area contributed by atoms with Gasteiger partial charge in [-0.15, -0.1) is 17.7 Å². The minimum Gasteiger partial charge on any atom is -0.368 e. The molecule has 5 nitrogen and oxygen atoms in total. The zero-order valence-corrected chi connectivity index (χ0v) is 13.5. The predicted molar refractivity (Wildman–Crippen MR) is 93.2 cm³/mol. The summed E-state index contributed by atoms with van der Waals surface area (Å²) in [5.74, 6) is 0.569. The second-order valence-corrected chi connectivity index (χ2v) is 5.86. The van der Waals surface area contributed by atoms with Crippen molar-refractivity contribution >= 4 is 53.4 Å². The number of nitrogens with two attached hydrogens (primary N) is 1. The fourth-order valence-corrected chi connectivity index (χ4v) is 2.86. The highest BCUT2D eigenvalue weighted by molar-refractivity contribution is 7.80. The topological polar surface area (TPSA) is 79.6 Å². The summed E-state index contributed by atoms with van der Waals surface area (Å²) in [5, 5.41) is 10.5. The SMILES string of the molecule is Nc1nc(Nc2cc(Cl)c(-c3ccc(S)cc3)c(Cl)c2)n[nH]1. The molecule has 2 aromatic carbocycles. The van der Waals surface area contributed by atoms with Gasteiger partial charge in [0, 0.05) is 16.1 Å². The van der Waals surface area contributed by atoms with Crippen LogP contribution in [0.5, 0.6) is 0 Å². The van der Waals surface area contributed by atoms with E-state index in [1.54, 1.807) is 12.1 Å². The predicted octanol–water partition coefficient (Wildman–Crippen LogP) is 4.39. The first kappa shape index (κ1) is 15.0. The van der Waals surface area contributed by atoms with Crippen molar-refractivity contribution in [3.8, 4) is 11.1 Å². The highest BCUT2D eigenvalue weighted by Gasteiger charge is 2.11. The Kier molecular flexibility index (Phi) is 4.15. The number of nitrogens with one attached hydrogen (secondary N) is 2. The second-order valence-electron chi connectivity index (χ2n) is 4.53. The zero-order chi connectivity index (χ0) is 15.7. The van der Waals surface area contributed by atoms with Crippen LogP contribution in [0.1, 0.15) is 0 Å². The van der Waals surface area contributed by atoms with Crippen LogP contribution in [-0.4, -0.2) is 15.2 Å². The summed E-state index contributed by atoms with van der Waals surface area (Å²) < 4.78 is 0. The van der Waals surface area contributed by atoms with Crippen LogP contribution in [0, 0.1) is 0 Å². The van der Waals surface area contributed by atoms with E-state index in [1.807, 2.05) is 24.3 Å². The smallest absolute Gasteiger partial charge is 0.248 e. The molecule has 22 heavy (non-hydrogen) atoms. The maximum Gasteiger partial charge on any atom is 0.248 e. The highest BCUT2D eigenvalue weighted by Crippen LogP contribution is 2.38. The molecule has 0 atom stereocenters. The first-order valence-electron chi connectivity index (χ1n) is 6.26. The number of hydrogen-bond donors (Lipinski definition) is 4. The van der Waals surface area contributed by atoms with E-state index in [0.717, 1.165) is 16.0 Å². The van der Waals surface area contributed by atoms with Crippen molar-refractivity contribution in [3.63, 3.8) is 0 Å². The molecule has 0 saturated heterocycles. The third-order valence-electron chi connectivity index (χ3n) is 2.96. The molecule has 1 heterocycles. The number of halogens is 2. The van der Waals surface area contributed by atoms with Gasteiger partial charge in [0.25, 0.3) is 0 Å². The van der Waals surface area contributed by atoms with Crippen LogP contribution in [-0.2, 0) is 0 Å². The van der Waals surface area contributed by atoms with Crippen LogP contribution in [0.25, 0.3) is 11.1 Å². The third kappa shape index (κ3) is 3.14. The van der Waals surface area contributed by atoms with Gasteiger partial charge in [-0.05, 0) is 29.8 Å². The molecular weight excluding hydrogens is 341 g/mol. The number of nitrogen functional groups attached to an aromatic ring is 1. The lowest BCUT2D eigenvalue weighted by atomic mass is 10.1. The van der Waals surface area contributed by atoms with E-state index >= 15 is 0 Å². The largest absolute Gasteiger partial charge is 0.368 e. The summed E-state index contributed by atoms with van der Waals surface area (Å²) in [4.78, 5) is 4.83. The van der Waals surface area contributed by atoms with Crippen molar-refractivity contribution < 1.29 is 0 Å². The molecule has 0 aliphatic carbocycles. The Labute approximate surface area is 142 Å². The molecule has 112 valence electrons. The Morgan fingerprint density at radius 3 is 2.27 bits per heavy atom. The van der Waals surface area contributed by atoms with Crippen molar-refractivity contribution in [3.05, 3.63) is 46.4 Å². The van der Waals surface area contributed by atoms with Gasteiger partial charge in [-0.2, -0.15) is 4.98 Å². The monoisotopic (exact) mass is 351 g/mol. The molecule has 0 amide bonds. The van der Waals surface area contributed by atoms with Gasteiger partial charge >= 0.3 is 0 Å². The van der Waals surface area contributed by atoms with Crippen LogP contribution in [0.4, 0.5) is 17.6 Å². The molecule has 3 aromatic rings. The number of nitrogens with zero attached hydrogens (tertiary/aromatic N) is 2. The van der Waals surface area contributed by atoms with Gasteiger partial charge in [-0.25, -0.2) is 5.10 Å². The summed E-state index contributed by atoms with van der Waals surface area (Å²) in [5.41, 5.74) is 7.83. The highest BCUT2D eigenvalue weighted by atomic mass is 35.5. The standard InChI is InChI=1S/C14H11Cl2N5S/c15-10-5-8(18-14-19-13(17)20-21-14)6-11(16)12(10)7-1-3-9(22)4-2-7/h1-6,22H,(H4,17,18,19,20,21). The number of rotatable bonds is 3. The molecule has 0 aliphatic rings. The number of aromatic nitrogens is 3. The van der Waals surface area contributed by atoms with Crippen molar-refractivity contribution in [1.29, 1.82) is 0 Å². The van der Waals surface area contributed by atoms with Crippen molar-refractivity contribution in [2.75, 3.05) is 11.1 Å². The number of hydrogen-bond acceptors (Lipinski definition) is 5. The molecule has 0 aliphatic heterocycles. The Hall–Kier alpha value is -1.89. The molecule has 8 heteroatoms. The molecule has 0 spiro atoms. The van der Waals surface area contributed by atoms with E-state index in [0.29, 0.717) is 21.7 Å². The minimum absolute atomic E-state index is 0.225. The first-order chi connectivity index (χ1) is 10.5. The van der Waals surface area contributed by atoms with E-state index in [9.17, 15) is 0 Å². The van der Waals surface area contributed by atoms with Crippen molar-refractivity contribution in [2.24, 2.45) is 0 Å². The molecule has 3 rings (SSSR count). The van der Waals surface area contributed by atoms with Crippen molar-refractivity contribution in [1.82, 2.24) is 15.2 Å². The number of H-pyrrole nitrogens is 1. The molecule has 0 bridgehead atoms. The van der Waals surface area contributed by atoms with Crippen LogP contribution < -0.4 is 11.1 Å². The number of benzene rings is 2. The average Bonchev–Trinajstić information content (AvgIpc) is 2.85. The quantitative estimate of drug-likeness (QED) is 0.527. The molecule has 4 N–H and O–H groups in total. The normalized spacial score (nSPS) is 10.7. The fraction of sp³-hybridized carbons (Fsp3) is 0. The van der Waals surface area contributed by atoms with Gasteiger partial charge in [0.1, 0.15) is 0 Å². The van der Waals surface area contributed by atoms with Gasteiger partial charge in [-0.3, -0.25) is 0 Å². The molecule has 0 radical (unpaired) electrons. The maximum atomic E-state index is 6.36. The van der Waals surface area contributed by atoms with Gasteiger partial charge in [0.2, 0.25) is 11.9 Å². The maximum absolute atomic E-state index is 6.36. The summed E-state index contributed by atoms with van der Waals surface area (Å²) >= 11 is 17.0. The fourth-order valence-electron chi connectivity index (χ4n) is 2.01. The second kappa shape index (κ2) is 6.08. The Morgan fingerprint density at radius 2 is 1.73 bits per heavy atom. The minimum atomic E-state index is 0.225. The van der Waals surface area contributed by atoms with E-state index < -0.39 is 0 Å². The van der Waals surface area contributed by atoms with Crippen LogP contribution in [0.15, 0.2) is 41.3 Å². The summed E-state index contributed by atoms with van der Waals surface area (Å²) in [6.07, 6.45) is 0. The lowest BCUT2D eigenvalue weighted by Gasteiger charge is -2.11. The third-order valence-corrected chi connectivity index (χ3v) is 3.85. The first-order valence-corrected chi connectivity index (χ1v) is 7.46. The van der Waals surface area contributed by atoms with Crippen LogP contribution in [0.3, 0.4) is 0 Å². The van der Waals surface area contributed by atoms with Gasteiger partial charge in [0.05, 0.1) is 10.0 Å². The summed E-state index contributed by atoms with van der Waals surface area (Å²) in [7, 11) is 0.